The van der Waals surface area contributed by atoms with E-state index in [4.69, 9.17) is 0 Å². The maximum atomic E-state index is 12.1. The van der Waals surface area contributed by atoms with Crippen LogP contribution in [0.2, 0.25) is 0 Å². The molecule has 2 aromatic heterocycles. The van der Waals surface area contributed by atoms with Gasteiger partial charge in [0.15, 0.2) is 0 Å². The molecule has 5 nitrogen and oxygen atoms in total. The molecule has 0 spiro atoms. The molecule has 0 aliphatic carbocycles. The molecule has 112 valence electrons. The largest absolute Gasteiger partial charge is 0.350 e. The summed E-state index contributed by atoms with van der Waals surface area (Å²) < 4.78 is 1.82. The van der Waals surface area contributed by atoms with E-state index in [1.54, 1.807) is 11.3 Å². The lowest BCUT2D eigenvalue weighted by Crippen LogP contribution is -2.36. The van der Waals surface area contributed by atoms with Gasteiger partial charge < -0.3 is 5.32 Å². The molecule has 0 aromatic carbocycles. The predicted octanol–water partition coefficient (Wildman–Crippen LogP) is 1.93. The average Bonchev–Trinajstić information content (AvgIpc) is 3.17. The summed E-state index contributed by atoms with van der Waals surface area (Å²) in [6.07, 6.45) is 6.20. The second-order valence-corrected chi connectivity index (χ2v) is 6.46. The van der Waals surface area contributed by atoms with Crippen LogP contribution in [0.5, 0.6) is 0 Å². The SMILES string of the molecule is Cn1cc([C@@H]2CCCN2CC(=O)NCc2cccs2)cn1. The molecular formula is C15H20N4OS. The monoisotopic (exact) mass is 304 g/mol. The first kappa shape index (κ1) is 14.3. The molecule has 0 saturated carbocycles. The van der Waals surface area contributed by atoms with Gasteiger partial charge in [0.05, 0.1) is 19.3 Å². The van der Waals surface area contributed by atoms with Crippen molar-refractivity contribution >= 4 is 17.2 Å². The van der Waals surface area contributed by atoms with E-state index in [1.165, 1.54) is 10.4 Å². The minimum absolute atomic E-state index is 0.0965. The third-order valence-electron chi connectivity index (χ3n) is 3.86. The fourth-order valence-corrected chi connectivity index (χ4v) is 3.49. The van der Waals surface area contributed by atoms with E-state index >= 15 is 0 Å². The highest BCUT2D eigenvalue weighted by Gasteiger charge is 2.28. The van der Waals surface area contributed by atoms with Crippen molar-refractivity contribution in [3.05, 3.63) is 40.3 Å². The zero-order valence-corrected chi connectivity index (χ0v) is 13.0. The Morgan fingerprint density at radius 1 is 1.57 bits per heavy atom. The van der Waals surface area contributed by atoms with Crippen LogP contribution in [0.1, 0.15) is 29.3 Å². The highest BCUT2D eigenvalue weighted by molar-refractivity contribution is 7.09. The lowest BCUT2D eigenvalue weighted by atomic mass is 10.1. The Morgan fingerprint density at radius 2 is 2.48 bits per heavy atom. The molecule has 3 heterocycles. The van der Waals surface area contributed by atoms with E-state index in [-0.39, 0.29) is 5.91 Å². The number of aromatic nitrogens is 2. The van der Waals surface area contributed by atoms with Crippen LogP contribution in [0.25, 0.3) is 0 Å². The molecule has 1 N–H and O–H groups in total. The van der Waals surface area contributed by atoms with Gasteiger partial charge in [0.25, 0.3) is 0 Å². The first-order valence-corrected chi connectivity index (χ1v) is 8.12. The van der Waals surface area contributed by atoms with E-state index in [0.29, 0.717) is 19.1 Å². The number of hydrogen-bond acceptors (Lipinski definition) is 4. The maximum Gasteiger partial charge on any atom is 0.234 e. The number of likely N-dealkylation sites (tertiary alicyclic amines) is 1. The number of thiophene rings is 1. The van der Waals surface area contributed by atoms with Gasteiger partial charge in [-0.3, -0.25) is 14.4 Å². The summed E-state index contributed by atoms with van der Waals surface area (Å²) in [5.41, 5.74) is 1.21. The summed E-state index contributed by atoms with van der Waals surface area (Å²) >= 11 is 1.67. The Morgan fingerprint density at radius 3 is 3.19 bits per heavy atom. The van der Waals surface area contributed by atoms with Gasteiger partial charge in [0, 0.05) is 29.7 Å². The van der Waals surface area contributed by atoms with Crippen molar-refractivity contribution in [3.8, 4) is 0 Å². The van der Waals surface area contributed by atoms with E-state index in [2.05, 4.69) is 15.3 Å². The number of hydrogen-bond donors (Lipinski definition) is 1. The third kappa shape index (κ3) is 3.51. The van der Waals surface area contributed by atoms with Crippen molar-refractivity contribution in [2.75, 3.05) is 13.1 Å². The van der Waals surface area contributed by atoms with Crippen LogP contribution < -0.4 is 5.32 Å². The molecule has 1 saturated heterocycles. The summed E-state index contributed by atoms with van der Waals surface area (Å²) in [7, 11) is 1.93. The number of amides is 1. The van der Waals surface area contributed by atoms with Gasteiger partial charge in [0.1, 0.15) is 0 Å². The summed E-state index contributed by atoms with van der Waals surface area (Å²) in [5.74, 6) is 0.0965. The lowest BCUT2D eigenvalue weighted by Gasteiger charge is -2.22. The first-order valence-electron chi connectivity index (χ1n) is 7.24. The molecule has 0 bridgehead atoms. The standard InChI is InChI=1S/C15H20N4OS/c1-18-10-12(8-17-18)14-5-2-6-19(14)11-15(20)16-9-13-4-3-7-21-13/h3-4,7-8,10,14H,2,5-6,9,11H2,1H3,(H,16,20)/t14-/m0/s1. The molecule has 1 aliphatic rings. The smallest absolute Gasteiger partial charge is 0.234 e. The number of nitrogens with one attached hydrogen (secondary N) is 1. The van der Waals surface area contributed by atoms with Gasteiger partial charge in [-0.05, 0) is 30.8 Å². The molecule has 1 fully saturated rings. The van der Waals surface area contributed by atoms with Crippen molar-refractivity contribution in [2.24, 2.45) is 7.05 Å². The summed E-state index contributed by atoms with van der Waals surface area (Å²) in [5, 5.41) is 9.26. The van der Waals surface area contributed by atoms with Crippen molar-refractivity contribution in [1.82, 2.24) is 20.0 Å². The molecule has 1 amide bonds. The predicted molar refractivity (Wildman–Crippen MR) is 82.9 cm³/mol. The zero-order valence-electron chi connectivity index (χ0n) is 12.2. The minimum Gasteiger partial charge on any atom is -0.350 e. The zero-order chi connectivity index (χ0) is 14.7. The van der Waals surface area contributed by atoms with Crippen molar-refractivity contribution in [2.45, 2.75) is 25.4 Å². The third-order valence-corrected chi connectivity index (χ3v) is 4.74. The maximum absolute atomic E-state index is 12.1. The number of nitrogens with zero attached hydrogens (tertiary/aromatic N) is 3. The number of rotatable bonds is 5. The van der Waals surface area contributed by atoms with Crippen molar-refractivity contribution in [3.63, 3.8) is 0 Å². The number of carbonyl (C=O) groups excluding carboxylic acids is 1. The molecule has 3 rings (SSSR count). The average molecular weight is 304 g/mol. The van der Waals surface area contributed by atoms with Crippen LogP contribution in [-0.2, 0) is 18.4 Å². The molecule has 6 heteroatoms. The molecule has 1 atom stereocenters. The summed E-state index contributed by atoms with van der Waals surface area (Å²) in [6, 6.07) is 4.37. The highest BCUT2D eigenvalue weighted by Crippen LogP contribution is 2.30. The Bertz CT molecular complexity index is 593. The van der Waals surface area contributed by atoms with Crippen LogP contribution in [-0.4, -0.2) is 33.7 Å². The van der Waals surface area contributed by atoms with Crippen LogP contribution in [0.15, 0.2) is 29.9 Å². The van der Waals surface area contributed by atoms with Gasteiger partial charge in [-0.15, -0.1) is 11.3 Å². The van der Waals surface area contributed by atoms with E-state index in [1.807, 2.05) is 41.6 Å². The van der Waals surface area contributed by atoms with Crippen LogP contribution >= 0.6 is 11.3 Å². The van der Waals surface area contributed by atoms with Crippen LogP contribution in [0.3, 0.4) is 0 Å². The van der Waals surface area contributed by atoms with Crippen LogP contribution in [0.4, 0.5) is 0 Å². The summed E-state index contributed by atoms with van der Waals surface area (Å²) in [4.78, 5) is 15.5. The number of carbonyl (C=O) groups is 1. The number of aryl methyl sites for hydroxylation is 1. The van der Waals surface area contributed by atoms with E-state index < -0.39 is 0 Å². The van der Waals surface area contributed by atoms with Gasteiger partial charge in [0.2, 0.25) is 5.91 Å². The molecular weight excluding hydrogens is 284 g/mol. The van der Waals surface area contributed by atoms with E-state index in [9.17, 15) is 4.79 Å². The van der Waals surface area contributed by atoms with Crippen molar-refractivity contribution < 1.29 is 4.79 Å². The Hall–Kier alpha value is -1.66. The van der Waals surface area contributed by atoms with Gasteiger partial charge in [-0.1, -0.05) is 6.07 Å². The van der Waals surface area contributed by atoms with Gasteiger partial charge in [-0.2, -0.15) is 5.10 Å². The Balaban J connectivity index is 1.54. The van der Waals surface area contributed by atoms with Gasteiger partial charge in [-0.25, -0.2) is 0 Å². The molecule has 0 unspecified atom stereocenters. The topological polar surface area (TPSA) is 50.2 Å². The Labute approximate surface area is 128 Å². The quantitative estimate of drug-likeness (QED) is 0.918. The second-order valence-electron chi connectivity index (χ2n) is 5.43. The Kier molecular flexibility index (Phi) is 4.36. The summed E-state index contributed by atoms with van der Waals surface area (Å²) in [6.45, 7) is 2.07. The first-order chi connectivity index (χ1) is 10.2. The fourth-order valence-electron chi connectivity index (χ4n) is 2.84. The second kappa shape index (κ2) is 6.41. The van der Waals surface area contributed by atoms with Gasteiger partial charge >= 0.3 is 0 Å². The van der Waals surface area contributed by atoms with Crippen LogP contribution in [0, 0.1) is 0 Å². The van der Waals surface area contributed by atoms with Crippen molar-refractivity contribution in [1.29, 1.82) is 0 Å². The molecule has 0 radical (unpaired) electrons. The van der Waals surface area contributed by atoms with E-state index in [0.717, 1.165) is 19.4 Å². The fraction of sp³-hybridized carbons (Fsp3) is 0.467. The molecule has 21 heavy (non-hydrogen) atoms. The molecule has 1 aliphatic heterocycles. The normalized spacial score (nSPS) is 19.0. The minimum atomic E-state index is 0.0965. The highest BCUT2D eigenvalue weighted by atomic mass is 32.1. The molecule has 2 aromatic rings. The lowest BCUT2D eigenvalue weighted by molar-refractivity contribution is -0.122.